The second-order valence-electron chi connectivity index (χ2n) is 7.63. The Morgan fingerprint density at radius 2 is 2.04 bits per heavy atom. The highest BCUT2D eigenvalue weighted by Crippen LogP contribution is 2.33. The molecule has 1 aromatic carbocycles. The molecule has 0 fully saturated rings. The third-order valence-corrected chi connectivity index (χ3v) is 5.00. The van der Waals surface area contributed by atoms with Crippen molar-refractivity contribution in [3.05, 3.63) is 47.8 Å². The van der Waals surface area contributed by atoms with Gasteiger partial charge >= 0.3 is 0 Å². The fourth-order valence-corrected chi connectivity index (χ4v) is 3.50. The Morgan fingerprint density at radius 3 is 2.82 bits per heavy atom. The molecule has 0 amide bonds. The minimum Gasteiger partial charge on any atom is -0.490 e. The maximum atomic E-state index is 9.60. The van der Waals surface area contributed by atoms with Crippen molar-refractivity contribution in [2.75, 3.05) is 6.61 Å². The summed E-state index contributed by atoms with van der Waals surface area (Å²) >= 11 is 0. The van der Waals surface area contributed by atoms with Gasteiger partial charge in [-0.25, -0.2) is 0 Å². The third-order valence-electron chi connectivity index (χ3n) is 5.00. The number of nitrogens with zero attached hydrogens (tertiary/aromatic N) is 3. The van der Waals surface area contributed by atoms with Crippen molar-refractivity contribution in [2.45, 2.75) is 44.8 Å². The molecule has 0 aliphatic heterocycles. The van der Waals surface area contributed by atoms with Crippen molar-refractivity contribution in [1.82, 2.24) is 15.2 Å². The number of aromatic nitrogens is 3. The van der Waals surface area contributed by atoms with Crippen molar-refractivity contribution >= 4 is 0 Å². The molecule has 1 aliphatic carbocycles. The number of pyridine rings is 1. The van der Waals surface area contributed by atoms with Gasteiger partial charge in [-0.3, -0.25) is 4.98 Å². The van der Waals surface area contributed by atoms with Crippen LogP contribution >= 0.6 is 0 Å². The Kier molecular flexibility index (Phi) is 4.87. The standard InChI is InChI=1S/C21H24N4O3/c1-13(2)27-18-6-8-23-11-17(18)20-25-24-19(28-20)15-4-3-14-5-7-21(22,12-26)10-16(14)9-15/h3-4,6,8-9,11,13,26H,5,7,10,12,22H2,1-2H3. The Morgan fingerprint density at radius 1 is 1.21 bits per heavy atom. The first kappa shape index (κ1) is 18.6. The van der Waals surface area contributed by atoms with E-state index in [2.05, 4.69) is 21.2 Å². The molecule has 0 saturated carbocycles. The zero-order chi connectivity index (χ0) is 19.7. The van der Waals surface area contributed by atoms with E-state index in [0.717, 1.165) is 24.0 Å². The smallest absolute Gasteiger partial charge is 0.253 e. The Hall–Kier alpha value is -2.77. The summed E-state index contributed by atoms with van der Waals surface area (Å²) in [5.74, 6) is 1.44. The van der Waals surface area contributed by atoms with Gasteiger partial charge in [-0.05, 0) is 62.4 Å². The van der Waals surface area contributed by atoms with Crippen LogP contribution in [0.15, 0.2) is 41.1 Å². The van der Waals surface area contributed by atoms with Gasteiger partial charge in [0.1, 0.15) is 5.75 Å². The van der Waals surface area contributed by atoms with Gasteiger partial charge in [-0.15, -0.1) is 10.2 Å². The van der Waals surface area contributed by atoms with E-state index < -0.39 is 5.54 Å². The average molecular weight is 380 g/mol. The summed E-state index contributed by atoms with van der Waals surface area (Å²) in [6.45, 7) is 3.89. The quantitative estimate of drug-likeness (QED) is 0.701. The van der Waals surface area contributed by atoms with Crippen LogP contribution in [0.25, 0.3) is 22.9 Å². The van der Waals surface area contributed by atoms with Crippen LogP contribution < -0.4 is 10.5 Å². The summed E-state index contributed by atoms with van der Waals surface area (Å²) in [6, 6.07) is 7.86. The highest BCUT2D eigenvalue weighted by Gasteiger charge is 2.30. The Labute approximate surface area is 163 Å². The van der Waals surface area contributed by atoms with Crippen molar-refractivity contribution in [2.24, 2.45) is 5.73 Å². The molecule has 1 atom stereocenters. The van der Waals surface area contributed by atoms with Crippen molar-refractivity contribution in [3.8, 4) is 28.7 Å². The van der Waals surface area contributed by atoms with Crippen LogP contribution in [-0.4, -0.2) is 38.5 Å². The topological polar surface area (TPSA) is 107 Å². The monoisotopic (exact) mass is 380 g/mol. The fraction of sp³-hybridized carbons (Fsp3) is 0.381. The van der Waals surface area contributed by atoms with E-state index in [4.69, 9.17) is 14.9 Å². The third kappa shape index (κ3) is 3.63. The van der Waals surface area contributed by atoms with Crippen LogP contribution in [0.5, 0.6) is 5.75 Å². The number of hydrogen-bond donors (Lipinski definition) is 2. The Bertz CT molecular complexity index is 985. The molecular formula is C21H24N4O3. The second-order valence-corrected chi connectivity index (χ2v) is 7.63. The fourth-order valence-electron chi connectivity index (χ4n) is 3.50. The first-order valence-electron chi connectivity index (χ1n) is 9.44. The van der Waals surface area contributed by atoms with E-state index in [0.29, 0.717) is 29.5 Å². The minimum absolute atomic E-state index is 0.0206. The molecule has 146 valence electrons. The van der Waals surface area contributed by atoms with E-state index in [1.165, 1.54) is 5.56 Å². The number of benzene rings is 1. The van der Waals surface area contributed by atoms with Crippen molar-refractivity contribution in [1.29, 1.82) is 0 Å². The molecule has 28 heavy (non-hydrogen) atoms. The molecule has 1 unspecified atom stereocenters. The van der Waals surface area contributed by atoms with Crippen LogP contribution in [0, 0.1) is 0 Å². The molecule has 3 aromatic rings. The van der Waals surface area contributed by atoms with E-state index in [1.54, 1.807) is 18.5 Å². The molecule has 0 spiro atoms. The van der Waals surface area contributed by atoms with Crippen molar-refractivity contribution < 1.29 is 14.3 Å². The van der Waals surface area contributed by atoms with Gasteiger partial charge in [0.2, 0.25) is 5.89 Å². The number of aliphatic hydroxyl groups is 1. The summed E-state index contributed by atoms with van der Waals surface area (Å²) < 4.78 is 11.7. The molecule has 2 heterocycles. The lowest BCUT2D eigenvalue weighted by Gasteiger charge is -2.33. The summed E-state index contributed by atoms with van der Waals surface area (Å²) in [5, 5.41) is 18.0. The van der Waals surface area contributed by atoms with Gasteiger partial charge in [0.25, 0.3) is 5.89 Å². The van der Waals surface area contributed by atoms with Crippen molar-refractivity contribution in [3.63, 3.8) is 0 Å². The zero-order valence-corrected chi connectivity index (χ0v) is 16.1. The molecule has 7 nitrogen and oxygen atoms in total. The van der Waals surface area contributed by atoms with E-state index in [1.807, 2.05) is 26.0 Å². The summed E-state index contributed by atoms with van der Waals surface area (Å²) in [4.78, 5) is 4.15. The molecular weight excluding hydrogens is 356 g/mol. The largest absolute Gasteiger partial charge is 0.490 e. The maximum absolute atomic E-state index is 9.60. The van der Waals surface area contributed by atoms with Crippen LogP contribution in [0.4, 0.5) is 0 Å². The number of aryl methyl sites for hydroxylation is 1. The predicted octanol–water partition coefficient (Wildman–Crippen LogP) is 2.76. The minimum atomic E-state index is -0.565. The SMILES string of the molecule is CC(C)Oc1ccncc1-c1nnc(-c2ccc3c(c2)CC(N)(CO)CC3)o1. The van der Waals surface area contributed by atoms with Gasteiger partial charge in [-0.2, -0.15) is 0 Å². The number of aliphatic hydroxyl groups excluding tert-OH is 1. The van der Waals surface area contributed by atoms with E-state index >= 15 is 0 Å². The normalized spacial score (nSPS) is 18.9. The van der Waals surface area contributed by atoms with Crippen LogP contribution in [-0.2, 0) is 12.8 Å². The summed E-state index contributed by atoms with van der Waals surface area (Å²) in [5.41, 5.74) is 9.56. The number of rotatable bonds is 5. The lowest BCUT2D eigenvalue weighted by atomic mass is 9.78. The second kappa shape index (κ2) is 7.33. The summed E-state index contributed by atoms with van der Waals surface area (Å²) in [7, 11) is 0. The molecule has 4 rings (SSSR count). The lowest BCUT2D eigenvalue weighted by Crippen LogP contribution is -2.48. The van der Waals surface area contributed by atoms with E-state index in [-0.39, 0.29) is 12.7 Å². The molecule has 7 heteroatoms. The van der Waals surface area contributed by atoms with Gasteiger partial charge < -0.3 is 20.0 Å². The Balaban J connectivity index is 1.65. The lowest BCUT2D eigenvalue weighted by molar-refractivity contribution is 0.181. The number of nitrogens with two attached hydrogens (primary N) is 1. The maximum Gasteiger partial charge on any atom is 0.253 e. The van der Waals surface area contributed by atoms with Crippen LogP contribution in [0.3, 0.4) is 0 Å². The predicted molar refractivity (Wildman–Crippen MR) is 105 cm³/mol. The number of fused-ring (bicyclic) bond motifs is 1. The summed E-state index contributed by atoms with van der Waals surface area (Å²) in [6.07, 6.45) is 5.61. The molecule has 3 N–H and O–H groups in total. The molecule has 0 bridgehead atoms. The first-order valence-corrected chi connectivity index (χ1v) is 9.44. The van der Waals surface area contributed by atoms with Gasteiger partial charge in [0.05, 0.1) is 18.3 Å². The zero-order valence-electron chi connectivity index (χ0n) is 16.1. The van der Waals surface area contributed by atoms with Gasteiger partial charge in [-0.1, -0.05) is 6.07 Å². The highest BCUT2D eigenvalue weighted by atomic mass is 16.5. The average Bonchev–Trinajstić information content (AvgIpc) is 3.17. The molecule has 2 aromatic heterocycles. The van der Waals surface area contributed by atoms with Gasteiger partial charge in [0, 0.05) is 23.5 Å². The van der Waals surface area contributed by atoms with E-state index in [9.17, 15) is 5.11 Å². The molecule has 0 radical (unpaired) electrons. The molecule has 0 saturated heterocycles. The van der Waals surface area contributed by atoms with Gasteiger partial charge in [0.15, 0.2) is 0 Å². The number of ether oxygens (including phenoxy) is 1. The molecule has 1 aliphatic rings. The highest BCUT2D eigenvalue weighted by molar-refractivity contribution is 5.63. The van der Waals surface area contributed by atoms with Crippen LogP contribution in [0.2, 0.25) is 0 Å². The first-order chi connectivity index (χ1) is 13.5. The number of hydrogen-bond acceptors (Lipinski definition) is 7. The van der Waals surface area contributed by atoms with Crippen LogP contribution in [0.1, 0.15) is 31.4 Å².